The molecule has 2 heterocycles. The zero-order chi connectivity index (χ0) is 29.3. The summed E-state index contributed by atoms with van der Waals surface area (Å²) in [4.78, 5) is 34.8. The van der Waals surface area contributed by atoms with Crippen molar-refractivity contribution < 1.29 is 9.59 Å². The van der Waals surface area contributed by atoms with Gasteiger partial charge in [-0.2, -0.15) is 0 Å². The molecular weight excluding hydrogens is 530 g/mol. The number of carbonyl (C=O) groups is 2. The summed E-state index contributed by atoms with van der Waals surface area (Å²) in [5.41, 5.74) is 5.75. The molecule has 2 N–H and O–H groups in total. The summed E-state index contributed by atoms with van der Waals surface area (Å²) < 4.78 is 0. The number of nitrogens with zero attached hydrogens (tertiary/aromatic N) is 1. The van der Waals surface area contributed by atoms with E-state index in [4.69, 9.17) is 0 Å². The summed E-state index contributed by atoms with van der Waals surface area (Å²) in [6.07, 6.45) is 7.89. The van der Waals surface area contributed by atoms with Crippen LogP contribution in [0.15, 0.2) is 78.9 Å². The topological polar surface area (TPSA) is 65.2 Å². The number of benzene rings is 3. The van der Waals surface area contributed by atoms with E-state index >= 15 is 0 Å². The van der Waals surface area contributed by atoms with E-state index in [2.05, 4.69) is 72.7 Å². The van der Waals surface area contributed by atoms with Gasteiger partial charge in [0.2, 0.25) is 5.91 Å². The van der Waals surface area contributed by atoms with Crippen LogP contribution in [0.3, 0.4) is 0 Å². The molecule has 2 atom stereocenters. The van der Waals surface area contributed by atoms with Crippen LogP contribution in [0.5, 0.6) is 0 Å². The van der Waals surface area contributed by atoms with E-state index in [1.54, 1.807) is 0 Å². The van der Waals surface area contributed by atoms with E-state index < -0.39 is 6.04 Å². The van der Waals surface area contributed by atoms with Crippen molar-refractivity contribution in [3.63, 3.8) is 0 Å². The van der Waals surface area contributed by atoms with E-state index in [0.717, 1.165) is 70.3 Å². The van der Waals surface area contributed by atoms with E-state index in [-0.39, 0.29) is 29.3 Å². The minimum Gasteiger partial charge on any atom is -0.354 e. The number of H-pyrrole nitrogens is 1. The largest absolute Gasteiger partial charge is 0.354 e. The Labute approximate surface area is 254 Å². The Kier molecular flexibility index (Phi) is 6.29. The minimum atomic E-state index is -0.560. The average molecular weight is 572 g/mol. The number of fused-ring (bicyclic) bond motifs is 2. The van der Waals surface area contributed by atoms with E-state index in [0.29, 0.717) is 12.0 Å². The highest BCUT2D eigenvalue weighted by Crippen LogP contribution is 2.56. The normalized spacial score (nSPS) is 28.1. The van der Waals surface area contributed by atoms with Gasteiger partial charge in [-0.3, -0.25) is 9.59 Å². The number of amides is 2. The first kappa shape index (κ1) is 26.7. The zero-order valence-corrected chi connectivity index (χ0v) is 25.2. The summed E-state index contributed by atoms with van der Waals surface area (Å²) >= 11 is 0. The van der Waals surface area contributed by atoms with E-state index in [9.17, 15) is 9.59 Å². The molecule has 43 heavy (non-hydrogen) atoms. The maximum Gasteiger partial charge on any atom is 0.255 e. The lowest BCUT2D eigenvalue weighted by Crippen LogP contribution is -2.63. The third-order valence-corrected chi connectivity index (χ3v) is 10.8. The van der Waals surface area contributed by atoms with Gasteiger partial charge in [-0.1, -0.05) is 80.6 Å². The van der Waals surface area contributed by atoms with Crippen molar-refractivity contribution in [3.05, 3.63) is 95.6 Å². The van der Waals surface area contributed by atoms with Crippen LogP contribution in [-0.4, -0.2) is 33.3 Å². The lowest BCUT2D eigenvalue weighted by molar-refractivity contribution is -0.132. The second-order valence-corrected chi connectivity index (χ2v) is 14.4. The van der Waals surface area contributed by atoms with Gasteiger partial charge in [0, 0.05) is 27.6 Å². The first-order valence-electron chi connectivity index (χ1n) is 16.3. The van der Waals surface area contributed by atoms with Gasteiger partial charge in [-0.05, 0) is 91.9 Å². The van der Waals surface area contributed by atoms with Crippen LogP contribution in [0, 0.1) is 23.7 Å². The molecule has 9 rings (SSSR count). The third-order valence-electron chi connectivity index (χ3n) is 10.8. The van der Waals surface area contributed by atoms with E-state index in [1.807, 2.05) is 35.2 Å². The molecule has 4 bridgehead atoms. The fourth-order valence-electron chi connectivity index (χ4n) is 9.63. The second-order valence-electron chi connectivity index (χ2n) is 14.4. The Morgan fingerprint density at radius 2 is 1.51 bits per heavy atom. The van der Waals surface area contributed by atoms with Gasteiger partial charge < -0.3 is 15.2 Å². The number of para-hydroxylation sites is 1. The standard InChI is InChI=1S/C38H41N3O2/c1-23(2)16-32(36(42)40-38-20-24-17-25(21-38)19-26(18-24)22-38)41-35(28-12-6-7-13-29(28)37(41)43)33-30-14-8-9-15-31(30)39-34(33)27-10-4-3-5-11-27/h3-15,23-26,32,35,39H,16-22H2,1-2H3,(H,40,42). The Morgan fingerprint density at radius 3 is 2.21 bits per heavy atom. The summed E-state index contributed by atoms with van der Waals surface area (Å²) in [6, 6.07) is 25.8. The molecular formula is C38H41N3O2. The van der Waals surface area contributed by atoms with Gasteiger partial charge >= 0.3 is 0 Å². The SMILES string of the molecule is CC(C)CC(C(=O)NC12CC3CC(CC(C3)C1)C2)N1C(=O)c2ccccc2C1c1c(-c2ccccc2)[nH]c2ccccc12. The van der Waals surface area contributed by atoms with Gasteiger partial charge in [-0.25, -0.2) is 0 Å². The highest BCUT2D eigenvalue weighted by Gasteiger charge is 2.53. The van der Waals surface area contributed by atoms with Gasteiger partial charge in [0.15, 0.2) is 0 Å². The summed E-state index contributed by atoms with van der Waals surface area (Å²) in [5.74, 6) is 2.44. The molecule has 2 amide bonds. The van der Waals surface area contributed by atoms with Crippen LogP contribution in [0.2, 0.25) is 0 Å². The van der Waals surface area contributed by atoms with Crippen molar-refractivity contribution in [2.24, 2.45) is 23.7 Å². The number of rotatable bonds is 7. The first-order chi connectivity index (χ1) is 20.9. The molecule has 4 aliphatic carbocycles. The molecule has 5 aliphatic rings. The molecule has 2 unspecified atom stereocenters. The Morgan fingerprint density at radius 1 is 0.884 bits per heavy atom. The quantitative estimate of drug-likeness (QED) is 0.237. The maximum absolute atomic E-state index is 14.7. The fourth-order valence-corrected chi connectivity index (χ4v) is 9.63. The summed E-state index contributed by atoms with van der Waals surface area (Å²) in [6.45, 7) is 4.32. The van der Waals surface area contributed by atoms with Crippen LogP contribution < -0.4 is 5.32 Å². The van der Waals surface area contributed by atoms with Gasteiger partial charge in [0.1, 0.15) is 6.04 Å². The maximum atomic E-state index is 14.7. The fraction of sp³-hybridized carbons (Fsp3) is 0.421. The van der Waals surface area contributed by atoms with Crippen LogP contribution in [0.25, 0.3) is 22.2 Å². The molecule has 0 saturated heterocycles. The molecule has 3 aromatic carbocycles. The van der Waals surface area contributed by atoms with Crippen molar-refractivity contribution >= 4 is 22.7 Å². The lowest BCUT2D eigenvalue weighted by Gasteiger charge is -2.57. The molecule has 1 aliphatic heterocycles. The van der Waals surface area contributed by atoms with Crippen LogP contribution in [-0.2, 0) is 4.79 Å². The molecule has 0 spiro atoms. The molecule has 5 heteroatoms. The Hall–Kier alpha value is -3.86. The smallest absolute Gasteiger partial charge is 0.255 e. The highest BCUT2D eigenvalue weighted by atomic mass is 16.2. The molecule has 4 saturated carbocycles. The number of aromatic nitrogens is 1. The molecule has 5 nitrogen and oxygen atoms in total. The molecule has 0 radical (unpaired) electrons. The highest BCUT2D eigenvalue weighted by molar-refractivity contribution is 6.04. The molecule has 4 aromatic rings. The number of aromatic amines is 1. The van der Waals surface area contributed by atoms with Crippen molar-refractivity contribution in [3.8, 4) is 11.3 Å². The number of nitrogens with one attached hydrogen (secondary N) is 2. The summed E-state index contributed by atoms with van der Waals surface area (Å²) in [5, 5.41) is 4.75. The lowest BCUT2D eigenvalue weighted by atomic mass is 9.53. The first-order valence-corrected chi connectivity index (χ1v) is 16.3. The summed E-state index contributed by atoms with van der Waals surface area (Å²) in [7, 11) is 0. The van der Waals surface area contributed by atoms with Gasteiger partial charge in [0.05, 0.1) is 11.7 Å². The van der Waals surface area contributed by atoms with Crippen molar-refractivity contribution in [1.29, 1.82) is 0 Å². The van der Waals surface area contributed by atoms with Gasteiger partial charge in [0.25, 0.3) is 5.91 Å². The third kappa shape index (κ3) is 4.42. The number of carbonyl (C=O) groups excluding carboxylic acids is 2. The predicted octanol–water partition coefficient (Wildman–Crippen LogP) is 7.88. The minimum absolute atomic E-state index is 0.0305. The molecule has 4 fully saturated rings. The monoisotopic (exact) mass is 571 g/mol. The molecule has 220 valence electrons. The zero-order valence-electron chi connectivity index (χ0n) is 25.2. The average Bonchev–Trinajstić information content (AvgIpc) is 3.50. The van der Waals surface area contributed by atoms with Crippen molar-refractivity contribution in [2.45, 2.75) is 76.4 Å². The van der Waals surface area contributed by atoms with Crippen molar-refractivity contribution in [2.75, 3.05) is 0 Å². The number of hydrogen-bond donors (Lipinski definition) is 2. The Bertz CT molecular complexity index is 1670. The predicted molar refractivity (Wildman–Crippen MR) is 170 cm³/mol. The van der Waals surface area contributed by atoms with Gasteiger partial charge in [-0.15, -0.1) is 0 Å². The van der Waals surface area contributed by atoms with Crippen molar-refractivity contribution in [1.82, 2.24) is 15.2 Å². The van der Waals surface area contributed by atoms with Crippen LogP contribution >= 0.6 is 0 Å². The number of hydrogen-bond acceptors (Lipinski definition) is 2. The molecule has 1 aromatic heterocycles. The van der Waals surface area contributed by atoms with Crippen LogP contribution in [0.4, 0.5) is 0 Å². The second kappa shape index (κ2) is 10.1. The van der Waals surface area contributed by atoms with Crippen LogP contribution in [0.1, 0.15) is 86.3 Å². The van der Waals surface area contributed by atoms with E-state index in [1.165, 1.54) is 19.3 Å². The Balaban J connectivity index is 1.26.